The molecule has 24 heavy (non-hydrogen) atoms. The van der Waals surface area contributed by atoms with E-state index in [1.807, 2.05) is 0 Å². The van der Waals surface area contributed by atoms with E-state index in [9.17, 15) is 14.4 Å². The van der Waals surface area contributed by atoms with Crippen LogP contribution in [0.5, 0.6) is 0 Å². The molecule has 3 aliphatic rings. The minimum Gasteiger partial charge on any atom is -0.465 e. The number of ketones is 1. The van der Waals surface area contributed by atoms with Crippen LogP contribution in [0.25, 0.3) is 0 Å². The van der Waals surface area contributed by atoms with Gasteiger partial charge in [-0.25, -0.2) is 0 Å². The SMILES string of the molecule is CCOC(=O)[C@@]12C(=O)O[C@]3(CCCC[C@@H]13)C(=O)c1c(Cl)cccc12. The first-order valence-electron chi connectivity index (χ1n) is 8.24. The van der Waals surface area contributed by atoms with E-state index in [0.29, 0.717) is 18.4 Å². The van der Waals surface area contributed by atoms with Crippen LogP contribution in [0.3, 0.4) is 0 Å². The van der Waals surface area contributed by atoms with Gasteiger partial charge in [0.05, 0.1) is 11.6 Å². The van der Waals surface area contributed by atoms with E-state index in [-0.39, 0.29) is 23.0 Å². The Morgan fingerprint density at radius 1 is 1.38 bits per heavy atom. The number of rotatable bonds is 2. The van der Waals surface area contributed by atoms with E-state index in [1.165, 1.54) is 0 Å². The molecule has 0 radical (unpaired) electrons. The second-order valence-electron chi connectivity index (χ2n) is 6.60. The molecule has 1 aromatic carbocycles. The first kappa shape index (κ1) is 15.6. The second-order valence-corrected chi connectivity index (χ2v) is 7.00. The van der Waals surface area contributed by atoms with Crippen molar-refractivity contribution >= 4 is 29.3 Å². The number of benzene rings is 1. The van der Waals surface area contributed by atoms with Gasteiger partial charge in [0, 0.05) is 11.5 Å². The number of esters is 2. The van der Waals surface area contributed by atoms with Crippen LogP contribution in [0.15, 0.2) is 18.2 Å². The van der Waals surface area contributed by atoms with Gasteiger partial charge < -0.3 is 9.47 Å². The van der Waals surface area contributed by atoms with Crippen LogP contribution in [0.2, 0.25) is 5.02 Å². The zero-order chi connectivity index (χ0) is 17.1. The molecule has 2 fully saturated rings. The summed E-state index contributed by atoms with van der Waals surface area (Å²) in [6, 6.07) is 4.87. The molecule has 1 saturated carbocycles. The molecule has 3 atom stereocenters. The lowest BCUT2D eigenvalue weighted by Gasteiger charge is -2.44. The molecular weight excluding hydrogens is 332 g/mol. The minimum absolute atomic E-state index is 0.150. The van der Waals surface area contributed by atoms with Crippen LogP contribution in [0.1, 0.15) is 48.5 Å². The monoisotopic (exact) mass is 348 g/mol. The molecular formula is C18H17ClO5. The van der Waals surface area contributed by atoms with Crippen molar-refractivity contribution in [2.75, 3.05) is 6.61 Å². The van der Waals surface area contributed by atoms with E-state index in [0.717, 1.165) is 12.8 Å². The summed E-state index contributed by atoms with van der Waals surface area (Å²) in [5.41, 5.74) is -2.29. The molecule has 0 unspecified atom stereocenters. The highest BCUT2D eigenvalue weighted by atomic mass is 35.5. The van der Waals surface area contributed by atoms with Crippen LogP contribution in [-0.2, 0) is 24.5 Å². The zero-order valence-electron chi connectivity index (χ0n) is 13.3. The van der Waals surface area contributed by atoms with Gasteiger partial charge in [0.25, 0.3) is 0 Å². The van der Waals surface area contributed by atoms with Gasteiger partial charge in [-0.3, -0.25) is 14.4 Å². The Morgan fingerprint density at radius 3 is 2.92 bits per heavy atom. The molecule has 1 aromatic rings. The smallest absolute Gasteiger partial charge is 0.329 e. The summed E-state index contributed by atoms with van der Waals surface area (Å²) in [6.45, 7) is 1.84. The quantitative estimate of drug-likeness (QED) is 0.607. The average Bonchev–Trinajstić information content (AvgIpc) is 2.80. The van der Waals surface area contributed by atoms with Gasteiger partial charge in [-0.2, -0.15) is 0 Å². The van der Waals surface area contributed by atoms with Crippen LogP contribution in [-0.4, -0.2) is 29.9 Å². The summed E-state index contributed by atoms with van der Waals surface area (Å²) < 4.78 is 10.9. The molecule has 0 N–H and O–H groups in total. The molecule has 4 rings (SSSR count). The Balaban J connectivity index is 2.07. The molecule has 0 amide bonds. The molecule has 0 aromatic heterocycles. The van der Waals surface area contributed by atoms with Crippen molar-refractivity contribution in [1.29, 1.82) is 0 Å². The standard InChI is InChI=1S/C18H17ClO5/c1-2-23-15(21)18-10-6-5-7-11(19)13(10)14(20)17(24-16(18)22)9-4-3-8-12(17)18/h5-7,12H,2-4,8-9H2,1H3/t12-,17+,18+/m1/s1. The molecule has 1 saturated heterocycles. The first-order valence-corrected chi connectivity index (χ1v) is 8.62. The fourth-order valence-electron chi connectivity index (χ4n) is 4.71. The lowest BCUT2D eigenvalue weighted by atomic mass is 9.55. The number of hydrogen-bond donors (Lipinski definition) is 0. The summed E-state index contributed by atoms with van der Waals surface area (Å²) in [6.07, 6.45) is 2.61. The summed E-state index contributed by atoms with van der Waals surface area (Å²) in [7, 11) is 0. The zero-order valence-corrected chi connectivity index (χ0v) is 14.0. The molecule has 1 aliphatic heterocycles. The lowest BCUT2D eigenvalue weighted by molar-refractivity contribution is -0.160. The highest BCUT2D eigenvalue weighted by molar-refractivity contribution is 6.36. The molecule has 1 heterocycles. The maximum atomic E-state index is 13.2. The molecule has 5 nitrogen and oxygen atoms in total. The fourth-order valence-corrected chi connectivity index (χ4v) is 4.97. The molecule has 2 aliphatic carbocycles. The van der Waals surface area contributed by atoms with Gasteiger partial charge in [0.15, 0.2) is 11.0 Å². The Bertz CT molecular complexity index is 773. The Labute approximate surface area is 144 Å². The minimum atomic E-state index is -1.58. The van der Waals surface area contributed by atoms with Crippen LogP contribution >= 0.6 is 11.6 Å². The van der Waals surface area contributed by atoms with E-state index in [4.69, 9.17) is 21.1 Å². The van der Waals surface area contributed by atoms with Crippen molar-refractivity contribution in [3.05, 3.63) is 34.3 Å². The molecule has 0 spiro atoms. The highest BCUT2D eigenvalue weighted by Gasteiger charge is 2.76. The first-order chi connectivity index (χ1) is 11.5. The van der Waals surface area contributed by atoms with Crippen molar-refractivity contribution < 1.29 is 23.9 Å². The van der Waals surface area contributed by atoms with Crippen molar-refractivity contribution in [3.63, 3.8) is 0 Å². The van der Waals surface area contributed by atoms with E-state index in [2.05, 4.69) is 0 Å². The normalized spacial score (nSPS) is 33.5. The van der Waals surface area contributed by atoms with Gasteiger partial charge in [0.1, 0.15) is 0 Å². The second kappa shape index (κ2) is 5.06. The molecule has 6 heteroatoms. The maximum Gasteiger partial charge on any atom is 0.329 e. The summed E-state index contributed by atoms with van der Waals surface area (Å²) in [4.78, 5) is 39.1. The van der Waals surface area contributed by atoms with Crippen LogP contribution < -0.4 is 0 Å². The summed E-state index contributed by atoms with van der Waals surface area (Å²) >= 11 is 6.27. The number of carbonyl (C=O) groups is 3. The maximum absolute atomic E-state index is 13.2. The van der Waals surface area contributed by atoms with E-state index in [1.54, 1.807) is 25.1 Å². The van der Waals surface area contributed by atoms with Gasteiger partial charge in [-0.05, 0) is 37.8 Å². The van der Waals surface area contributed by atoms with Gasteiger partial charge in [-0.15, -0.1) is 0 Å². The average molecular weight is 349 g/mol. The van der Waals surface area contributed by atoms with Gasteiger partial charge in [-0.1, -0.05) is 30.2 Å². The third-order valence-electron chi connectivity index (χ3n) is 5.62. The van der Waals surface area contributed by atoms with Crippen LogP contribution in [0, 0.1) is 5.92 Å². The topological polar surface area (TPSA) is 69.7 Å². The van der Waals surface area contributed by atoms with Gasteiger partial charge in [0.2, 0.25) is 5.78 Å². The number of halogens is 1. The highest BCUT2D eigenvalue weighted by Crippen LogP contribution is 2.60. The van der Waals surface area contributed by atoms with E-state index < -0.39 is 28.9 Å². The Kier molecular flexibility index (Phi) is 3.29. The van der Waals surface area contributed by atoms with E-state index >= 15 is 0 Å². The van der Waals surface area contributed by atoms with Crippen molar-refractivity contribution in [2.24, 2.45) is 5.92 Å². The number of carbonyl (C=O) groups excluding carboxylic acids is 3. The largest absolute Gasteiger partial charge is 0.465 e. The number of ether oxygens (including phenoxy) is 2. The lowest BCUT2D eigenvalue weighted by Crippen LogP contribution is -2.58. The molecule has 126 valence electrons. The summed E-state index contributed by atoms with van der Waals surface area (Å²) in [5, 5.41) is 0.243. The Morgan fingerprint density at radius 2 is 2.17 bits per heavy atom. The predicted octanol–water partition coefficient (Wildman–Crippen LogP) is 2.82. The summed E-state index contributed by atoms with van der Waals surface area (Å²) in [5.74, 6) is -2.12. The number of fused-ring (bicyclic) bond motifs is 2. The Hall–Kier alpha value is -1.88. The predicted molar refractivity (Wildman–Crippen MR) is 84.9 cm³/mol. The molecule has 2 bridgehead atoms. The number of Topliss-reactive ketones (excluding diaryl/α,β-unsaturated/α-hetero) is 1. The van der Waals surface area contributed by atoms with Crippen molar-refractivity contribution in [3.8, 4) is 0 Å². The van der Waals surface area contributed by atoms with Gasteiger partial charge >= 0.3 is 11.9 Å². The third-order valence-corrected chi connectivity index (χ3v) is 5.94. The third kappa shape index (κ3) is 1.59. The van der Waals surface area contributed by atoms with Crippen LogP contribution in [0.4, 0.5) is 0 Å². The fraction of sp³-hybridized carbons (Fsp3) is 0.500. The van der Waals surface area contributed by atoms with Crippen molar-refractivity contribution in [2.45, 2.75) is 43.6 Å². The number of hydrogen-bond acceptors (Lipinski definition) is 5. The van der Waals surface area contributed by atoms with Crippen molar-refractivity contribution in [1.82, 2.24) is 0 Å².